The van der Waals surface area contributed by atoms with Crippen LogP contribution >= 0.6 is 0 Å². The van der Waals surface area contributed by atoms with E-state index in [-0.39, 0.29) is 12.0 Å². The van der Waals surface area contributed by atoms with Gasteiger partial charge >= 0.3 is 0 Å². The van der Waals surface area contributed by atoms with E-state index in [1.54, 1.807) is 23.2 Å². The maximum atomic E-state index is 11.6. The van der Waals surface area contributed by atoms with Crippen molar-refractivity contribution in [3.05, 3.63) is 36.5 Å². The standard InChI is InChI=1S/C13H16N2O2/c1-2-5-13(16)15-9-7-11(10-15)17-12-6-3-4-8-14-12/h2-6,8,11H,7,9-10H2,1H3/b5-2+. The SMILES string of the molecule is C/C=C/C(=O)N1CCC(Oc2ccccn2)C1. The van der Waals surface area contributed by atoms with Gasteiger partial charge in [-0.3, -0.25) is 4.79 Å². The van der Waals surface area contributed by atoms with E-state index in [0.29, 0.717) is 12.4 Å². The molecule has 4 heteroatoms. The van der Waals surface area contributed by atoms with Crippen LogP contribution < -0.4 is 4.74 Å². The van der Waals surface area contributed by atoms with Crippen molar-refractivity contribution in [3.63, 3.8) is 0 Å². The van der Waals surface area contributed by atoms with Gasteiger partial charge in [-0.15, -0.1) is 0 Å². The molecule has 0 spiro atoms. The van der Waals surface area contributed by atoms with Crippen LogP contribution in [0.5, 0.6) is 5.88 Å². The minimum atomic E-state index is 0.0547. The fourth-order valence-electron chi connectivity index (χ4n) is 1.86. The molecule has 2 heterocycles. The molecule has 17 heavy (non-hydrogen) atoms. The van der Waals surface area contributed by atoms with Gasteiger partial charge in [-0.2, -0.15) is 0 Å². The molecular weight excluding hydrogens is 216 g/mol. The third-order valence-corrected chi connectivity index (χ3v) is 2.69. The molecular formula is C13H16N2O2. The minimum absolute atomic E-state index is 0.0547. The van der Waals surface area contributed by atoms with E-state index in [2.05, 4.69) is 4.98 Å². The summed E-state index contributed by atoms with van der Waals surface area (Å²) in [6.07, 6.45) is 5.96. The van der Waals surface area contributed by atoms with Gasteiger partial charge in [-0.25, -0.2) is 4.98 Å². The summed E-state index contributed by atoms with van der Waals surface area (Å²) in [5.41, 5.74) is 0. The number of hydrogen-bond donors (Lipinski definition) is 0. The number of ether oxygens (including phenoxy) is 1. The second-order valence-electron chi connectivity index (χ2n) is 3.98. The molecule has 0 saturated carbocycles. The largest absolute Gasteiger partial charge is 0.472 e. The zero-order chi connectivity index (χ0) is 12.1. The lowest BCUT2D eigenvalue weighted by molar-refractivity contribution is -0.125. The normalized spacial score (nSPS) is 19.8. The third kappa shape index (κ3) is 3.06. The third-order valence-electron chi connectivity index (χ3n) is 2.69. The molecule has 0 radical (unpaired) electrons. The Bertz CT molecular complexity index is 403. The quantitative estimate of drug-likeness (QED) is 0.744. The van der Waals surface area contributed by atoms with E-state index in [9.17, 15) is 4.79 Å². The Morgan fingerprint density at radius 1 is 1.59 bits per heavy atom. The Morgan fingerprint density at radius 2 is 2.47 bits per heavy atom. The van der Waals surface area contributed by atoms with Crippen molar-refractivity contribution in [3.8, 4) is 5.88 Å². The van der Waals surface area contributed by atoms with E-state index in [4.69, 9.17) is 4.74 Å². The van der Waals surface area contributed by atoms with Crippen molar-refractivity contribution in [1.29, 1.82) is 0 Å². The molecule has 90 valence electrons. The zero-order valence-electron chi connectivity index (χ0n) is 9.87. The maximum Gasteiger partial charge on any atom is 0.246 e. The highest BCUT2D eigenvalue weighted by Gasteiger charge is 2.26. The first-order valence-electron chi connectivity index (χ1n) is 5.79. The molecule has 1 saturated heterocycles. The minimum Gasteiger partial charge on any atom is -0.472 e. The number of likely N-dealkylation sites (tertiary alicyclic amines) is 1. The van der Waals surface area contributed by atoms with Crippen LogP contribution in [0.15, 0.2) is 36.5 Å². The number of amides is 1. The predicted molar refractivity (Wildman–Crippen MR) is 64.7 cm³/mol. The van der Waals surface area contributed by atoms with E-state index in [1.165, 1.54) is 0 Å². The van der Waals surface area contributed by atoms with Crippen LogP contribution in [0.1, 0.15) is 13.3 Å². The highest BCUT2D eigenvalue weighted by atomic mass is 16.5. The summed E-state index contributed by atoms with van der Waals surface area (Å²) in [5.74, 6) is 0.678. The van der Waals surface area contributed by atoms with Gasteiger partial charge in [0.05, 0.1) is 6.54 Å². The van der Waals surface area contributed by atoms with Gasteiger partial charge in [-0.1, -0.05) is 12.1 Å². The highest BCUT2D eigenvalue weighted by Crippen LogP contribution is 2.16. The van der Waals surface area contributed by atoms with Gasteiger partial charge in [0.15, 0.2) is 0 Å². The van der Waals surface area contributed by atoms with Crippen LogP contribution in [0, 0.1) is 0 Å². The van der Waals surface area contributed by atoms with Crippen LogP contribution in [-0.2, 0) is 4.79 Å². The first-order chi connectivity index (χ1) is 8.29. The highest BCUT2D eigenvalue weighted by molar-refractivity contribution is 5.87. The number of allylic oxidation sites excluding steroid dienone is 1. The molecule has 1 unspecified atom stereocenters. The molecule has 1 atom stereocenters. The Morgan fingerprint density at radius 3 is 3.18 bits per heavy atom. The number of nitrogens with zero attached hydrogens (tertiary/aromatic N) is 2. The van der Waals surface area contributed by atoms with E-state index < -0.39 is 0 Å². The summed E-state index contributed by atoms with van der Waals surface area (Å²) in [5, 5.41) is 0. The first kappa shape index (κ1) is 11.6. The zero-order valence-corrected chi connectivity index (χ0v) is 9.87. The Labute approximate surface area is 101 Å². The molecule has 0 bridgehead atoms. The molecule has 2 rings (SSSR count). The lowest BCUT2D eigenvalue weighted by atomic mass is 10.3. The van der Waals surface area contributed by atoms with Crippen molar-refractivity contribution in [1.82, 2.24) is 9.88 Å². The molecule has 0 N–H and O–H groups in total. The second-order valence-corrected chi connectivity index (χ2v) is 3.98. The van der Waals surface area contributed by atoms with Crippen molar-refractivity contribution < 1.29 is 9.53 Å². The summed E-state index contributed by atoms with van der Waals surface area (Å²) < 4.78 is 5.70. The molecule has 1 aromatic heterocycles. The van der Waals surface area contributed by atoms with Gasteiger partial charge in [0.25, 0.3) is 0 Å². The molecule has 1 aliphatic heterocycles. The molecule has 1 aliphatic rings. The summed E-state index contributed by atoms with van der Waals surface area (Å²) >= 11 is 0. The van der Waals surface area contributed by atoms with Crippen LogP contribution in [0.3, 0.4) is 0 Å². The summed E-state index contributed by atoms with van der Waals surface area (Å²) in [7, 11) is 0. The van der Waals surface area contributed by atoms with E-state index in [1.807, 2.05) is 25.1 Å². The molecule has 0 aromatic carbocycles. The van der Waals surface area contributed by atoms with Gasteiger partial charge in [0.1, 0.15) is 6.10 Å². The van der Waals surface area contributed by atoms with Crippen molar-refractivity contribution in [2.45, 2.75) is 19.4 Å². The number of rotatable bonds is 3. The average molecular weight is 232 g/mol. The predicted octanol–water partition coefficient (Wildman–Crippen LogP) is 1.64. The Hall–Kier alpha value is -1.84. The molecule has 4 nitrogen and oxygen atoms in total. The molecule has 1 amide bonds. The lowest BCUT2D eigenvalue weighted by Gasteiger charge is -2.15. The fraction of sp³-hybridized carbons (Fsp3) is 0.385. The van der Waals surface area contributed by atoms with Crippen molar-refractivity contribution in [2.75, 3.05) is 13.1 Å². The van der Waals surface area contributed by atoms with Gasteiger partial charge in [-0.05, 0) is 19.1 Å². The first-order valence-corrected chi connectivity index (χ1v) is 5.79. The fourth-order valence-corrected chi connectivity index (χ4v) is 1.86. The number of aromatic nitrogens is 1. The Balaban J connectivity index is 1.88. The summed E-state index contributed by atoms with van der Waals surface area (Å²) in [6, 6.07) is 5.57. The number of pyridine rings is 1. The summed E-state index contributed by atoms with van der Waals surface area (Å²) in [6.45, 7) is 3.23. The lowest BCUT2D eigenvalue weighted by Crippen LogP contribution is -2.29. The van der Waals surface area contributed by atoms with Crippen LogP contribution in [0.4, 0.5) is 0 Å². The van der Waals surface area contributed by atoms with E-state index >= 15 is 0 Å². The van der Waals surface area contributed by atoms with E-state index in [0.717, 1.165) is 13.0 Å². The second kappa shape index (κ2) is 5.48. The number of hydrogen-bond acceptors (Lipinski definition) is 3. The van der Waals surface area contributed by atoms with Gasteiger partial charge < -0.3 is 9.64 Å². The molecule has 0 aliphatic carbocycles. The van der Waals surface area contributed by atoms with Crippen LogP contribution in [0.2, 0.25) is 0 Å². The Kier molecular flexibility index (Phi) is 3.75. The number of carbonyl (C=O) groups is 1. The van der Waals surface area contributed by atoms with Crippen molar-refractivity contribution in [2.24, 2.45) is 0 Å². The number of carbonyl (C=O) groups excluding carboxylic acids is 1. The monoisotopic (exact) mass is 232 g/mol. The van der Waals surface area contributed by atoms with Crippen molar-refractivity contribution >= 4 is 5.91 Å². The molecule has 1 aromatic rings. The maximum absolute atomic E-state index is 11.6. The van der Waals surface area contributed by atoms with Crippen LogP contribution in [-0.4, -0.2) is 35.0 Å². The van der Waals surface area contributed by atoms with Gasteiger partial charge in [0, 0.05) is 25.2 Å². The smallest absolute Gasteiger partial charge is 0.246 e. The average Bonchev–Trinajstić information content (AvgIpc) is 2.79. The molecule has 1 fully saturated rings. The van der Waals surface area contributed by atoms with Crippen LogP contribution in [0.25, 0.3) is 0 Å². The van der Waals surface area contributed by atoms with Gasteiger partial charge in [0.2, 0.25) is 11.8 Å². The summed E-state index contributed by atoms with van der Waals surface area (Å²) in [4.78, 5) is 17.5. The topological polar surface area (TPSA) is 42.4 Å².